The molecule has 2 atom stereocenters. The van der Waals surface area contributed by atoms with E-state index in [0.717, 1.165) is 6.29 Å². The number of halogens is 2. The highest BCUT2D eigenvalue weighted by atomic mass is 79.9. The van der Waals surface area contributed by atoms with Crippen molar-refractivity contribution in [2.24, 2.45) is 5.14 Å². The van der Waals surface area contributed by atoms with Gasteiger partial charge in [0.05, 0.1) is 15.7 Å². The Labute approximate surface area is 129 Å². The molecule has 1 aromatic heterocycles. The summed E-state index contributed by atoms with van der Waals surface area (Å²) >= 11 is 3.25. The molecular weight excluding hydrogens is 347 g/mol. The quantitative estimate of drug-likeness (QED) is 0.622. The molecule has 0 aromatic carbocycles. The molecule has 112 valence electrons. The highest BCUT2D eigenvalue weighted by molar-refractivity contribution is 9.10. The van der Waals surface area contributed by atoms with Gasteiger partial charge in [-0.15, -0.1) is 0 Å². The number of nitrogens with zero attached hydrogens (tertiary/aromatic N) is 1. The fourth-order valence-corrected chi connectivity index (χ4v) is 3.11. The fourth-order valence-electron chi connectivity index (χ4n) is 2.32. The normalized spacial score (nSPS) is 16.5. The topological polar surface area (TPSA) is 73.1 Å². The van der Waals surface area contributed by atoms with Gasteiger partial charge >= 0.3 is 0 Å². The van der Waals surface area contributed by atoms with Crippen LogP contribution in [-0.2, 0) is 21.2 Å². The van der Waals surface area contributed by atoms with Crippen LogP contribution >= 0.6 is 15.9 Å². The predicted molar refractivity (Wildman–Crippen MR) is 81.0 cm³/mol. The Balaban J connectivity index is 3.31. The van der Waals surface area contributed by atoms with Gasteiger partial charge in [0.1, 0.15) is 6.29 Å². The number of aldehydes is 1. The Morgan fingerprint density at radius 3 is 2.60 bits per heavy atom. The van der Waals surface area contributed by atoms with E-state index in [4.69, 9.17) is 5.14 Å². The lowest BCUT2D eigenvalue weighted by Gasteiger charge is -2.35. The number of hydrogen-bond acceptors (Lipinski definition) is 3. The van der Waals surface area contributed by atoms with Gasteiger partial charge in [0, 0.05) is 28.1 Å². The molecular formula is C13H18BrFN2O2S. The lowest BCUT2D eigenvalue weighted by atomic mass is 9.74. The lowest BCUT2D eigenvalue weighted by molar-refractivity contribution is -0.108. The Hall–Kier alpha value is -0.660. The van der Waals surface area contributed by atoms with Crippen LogP contribution in [0.1, 0.15) is 39.2 Å². The smallest absolute Gasteiger partial charge is 0.216 e. The second-order valence-corrected chi connectivity index (χ2v) is 8.27. The molecule has 0 spiro atoms. The number of nitrogens with two attached hydrogens (primary N) is 1. The van der Waals surface area contributed by atoms with E-state index in [2.05, 4.69) is 20.9 Å². The van der Waals surface area contributed by atoms with Gasteiger partial charge in [-0.2, -0.15) is 4.39 Å². The van der Waals surface area contributed by atoms with Crippen LogP contribution in [0.5, 0.6) is 0 Å². The zero-order chi connectivity index (χ0) is 15.6. The minimum atomic E-state index is -1.58. The van der Waals surface area contributed by atoms with Gasteiger partial charge in [0.2, 0.25) is 5.95 Å². The minimum absolute atomic E-state index is 0.0999. The summed E-state index contributed by atoms with van der Waals surface area (Å²) in [4.78, 5) is 14.6. The third-order valence-corrected chi connectivity index (χ3v) is 5.02. The molecule has 20 heavy (non-hydrogen) atoms. The van der Waals surface area contributed by atoms with Crippen LogP contribution in [-0.4, -0.2) is 20.2 Å². The van der Waals surface area contributed by atoms with Gasteiger partial charge in [-0.25, -0.2) is 9.19 Å². The average Bonchev–Trinajstić information content (AvgIpc) is 2.31. The number of rotatable bonds is 6. The van der Waals surface area contributed by atoms with Gasteiger partial charge in [-0.05, 0) is 42.3 Å². The molecule has 4 nitrogen and oxygen atoms in total. The van der Waals surface area contributed by atoms with Gasteiger partial charge in [-0.3, -0.25) is 5.14 Å². The number of carbonyl (C=O) groups is 1. The third kappa shape index (κ3) is 3.93. The van der Waals surface area contributed by atoms with E-state index in [1.165, 1.54) is 6.20 Å². The van der Waals surface area contributed by atoms with E-state index >= 15 is 0 Å². The van der Waals surface area contributed by atoms with E-state index in [9.17, 15) is 13.4 Å². The Bertz CT molecular complexity index is 539. The van der Waals surface area contributed by atoms with Crippen molar-refractivity contribution in [3.8, 4) is 0 Å². The summed E-state index contributed by atoms with van der Waals surface area (Å²) in [5.41, 5.74) is -0.501. The van der Waals surface area contributed by atoms with E-state index in [-0.39, 0.29) is 6.42 Å². The molecule has 0 saturated heterocycles. The van der Waals surface area contributed by atoms with Crippen LogP contribution in [0.15, 0.2) is 16.7 Å². The summed E-state index contributed by atoms with van der Waals surface area (Å²) in [5.74, 6) is -0.629. The molecule has 0 aliphatic carbocycles. The highest BCUT2D eigenvalue weighted by Gasteiger charge is 2.38. The van der Waals surface area contributed by atoms with Crippen LogP contribution in [0.3, 0.4) is 0 Å². The summed E-state index contributed by atoms with van der Waals surface area (Å²) in [7, 11) is -1.58. The van der Waals surface area contributed by atoms with Crippen molar-refractivity contribution in [2.75, 3.05) is 0 Å². The summed E-state index contributed by atoms with van der Waals surface area (Å²) in [6.45, 7) is 5.22. The maximum Gasteiger partial charge on any atom is 0.216 e. The molecule has 0 aliphatic heterocycles. The van der Waals surface area contributed by atoms with Crippen molar-refractivity contribution in [2.45, 2.75) is 43.8 Å². The second kappa shape index (κ2) is 6.41. The van der Waals surface area contributed by atoms with Crippen molar-refractivity contribution in [3.05, 3.63) is 28.2 Å². The Kier molecular flexibility index (Phi) is 5.57. The van der Waals surface area contributed by atoms with Crippen molar-refractivity contribution >= 4 is 33.2 Å². The monoisotopic (exact) mass is 364 g/mol. The number of hydrogen-bond donors (Lipinski definition) is 1. The fraction of sp³-hybridized carbons (Fsp3) is 0.538. The Morgan fingerprint density at radius 2 is 2.10 bits per heavy atom. The summed E-state index contributed by atoms with van der Waals surface area (Å²) in [6.07, 6.45) is 2.49. The van der Waals surface area contributed by atoms with E-state index in [0.29, 0.717) is 16.5 Å². The molecule has 0 amide bonds. The first-order chi connectivity index (χ1) is 9.12. The molecule has 0 radical (unpaired) electrons. The minimum Gasteiger partial charge on any atom is -0.303 e. The van der Waals surface area contributed by atoms with Gasteiger partial charge in [0.25, 0.3) is 0 Å². The molecule has 1 heterocycles. The maximum absolute atomic E-state index is 14.0. The van der Waals surface area contributed by atoms with Gasteiger partial charge in [0.15, 0.2) is 0 Å². The third-order valence-electron chi connectivity index (χ3n) is 3.35. The first-order valence-electron chi connectivity index (χ1n) is 6.04. The molecule has 1 aromatic rings. The zero-order valence-corrected chi connectivity index (χ0v) is 14.1. The van der Waals surface area contributed by atoms with Crippen LogP contribution in [0.2, 0.25) is 0 Å². The summed E-state index contributed by atoms with van der Waals surface area (Å²) < 4.78 is 25.5. The average molecular weight is 365 g/mol. The lowest BCUT2D eigenvalue weighted by Crippen LogP contribution is -2.40. The van der Waals surface area contributed by atoms with Gasteiger partial charge in [-0.1, -0.05) is 6.92 Å². The summed E-state index contributed by atoms with van der Waals surface area (Å²) in [5, 5.41) is 5.48. The first kappa shape index (κ1) is 17.4. The Morgan fingerprint density at radius 1 is 1.50 bits per heavy atom. The number of aromatic nitrogens is 1. The van der Waals surface area contributed by atoms with Crippen molar-refractivity contribution in [3.63, 3.8) is 0 Å². The zero-order valence-electron chi connectivity index (χ0n) is 11.7. The van der Waals surface area contributed by atoms with E-state index in [1.54, 1.807) is 26.8 Å². The standard InChI is InChI=1S/C13H18BrFN2O2S/c1-12(2,20(16)19)8-13(3,4-5-18)10-6-9(14)7-17-11(10)15/h5-7H,4,8,16H2,1-3H3/t13-,20?/m0/s1. The molecule has 1 unspecified atom stereocenters. The van der Waals surface area contributed by atoms with Gasteiger partial charge < -0.3 is 4.79 Å². The molecule has 0 fully saturated rings. The van der Waals surface area contributed by atoms with Crippen LogP contribution in [0.4, 0.5) is 4.39 Å². The van der Waals surface area contributed by atoms with Crippen LogP contribution < -0.4 is 5.14 Å². The van der Waals surface area contributed by atoms with E-state index < -0.39 is 27.1 Å². The van der Waals surface area contributed by atoms with Crippen LogP contribution in [0.25, 0.3) is 0 Å². The largest absolute Gasteiger partial charge is 0.303 e. The molecule has 7 heteroatoms. The first-order valence-corrected chi connectivity index (χ1v) is 8.04. The van der Waals surface area contributed by atoms with E-state index in [1.807, 2.05) is 0 Å². The molecule has 0 saturated carbocycles. The van der Waals surface area contributed by atoms with Crippen LogP contribution in [0, 0.1) is 5.95 Å². The molecule has 0 bridgehead atoms. The van der Waals surface area contributed by atoms with Crippen molar-refractivity contribution < 1.29 is 13.4 Å². The van der Waals surface area contributed by atoms with Crippen molar-refractivity contribution in [1.29, 1.82) is 0 Å². The SMILES string of the molecule is CC(C)(C[C@](C)(CC=O)c1cc(Br)cnc1F)S(N)=O. The second-order valence-electron chi connectivity index (χ2n) is 5.66. The predicted octanol–water partition coefficient (Wildman–Crippen LogP) is 2.62. The highest BCUT2D eigenvalue weighted by Crippen LogP contribution is 2.38. The van der Waals surface area contributed by atoms with Crippen molar-refractivity contribution in [1.82, 2.24) is 4.98 Å². The summed E-state index contributed by atoms with van der Waals surface area (Å²) in [6, 6.07) is 1.60. The molecule has 0 aliphatic rings. The maximum atomic E-state index is 14.0. The molecule has 2 N–H and O–H groups in total. The molecule has 1 rings (SSSR count). The number of pyridine rings is 1. The number of carbonyl (C=O) groups excluding carboxylic acids is 1.